The Morgan fingerprint density at radius 3 is 2.41 bits per heavy atom. The Hall–Kier alpha value is -1.89. The number of ether oxygens (including phenoxy) is 1. The average Bonchev–Trinajstić information content (AvgIpc) is 2.57. The van der Waals surface area contributed by atoms with E-state index in [1.54, 1.807) is 6.20 Å². The second-order valence-electron chi connectivity index (χ2n) is 8.04. The molecule has 0 saturated heterocycles. The molecule has 0 aromatic carbocycles. The summed E-state index contributed by atoms with van der Waals surface area (Å²) in [6.45, 7) is 3.83. The molecule has 2 atom stereocenters. The number of carbonyl (C=O) groups is 1. The summed E-state index contributed by atoms with van der Waals surface area (Å²) in [4.78, 5) is 21.6. The van der Waals surface area contributed by atoms with Crippen LogP contribution in [0.5, 0.6) is 5.88 Å². The van der Waals surface area contributed by atoms with Crippen LogP contribution in [-0.2, 0) is 0 Å². The summed E-state index contributed by atoms with van der Waals surface area (Å²) in [5.74, 6) is 0.632. The lowest BCUT2D eigenvalue weighted by Gasteiger charge is -2.26. The number of aliphatic hydroxyl groups is 1. The number of hydrogen-bond donors (Lipinski definition) is 3. The minimum Gasteiger partial charge on any atom is -0.474 e. The summed E-state index contributed by atoms with van der Waals surface area (Å²) >= 11 is 0. The Morgan fingerprint density at radius 1 is 1.07 bits per heavy atom. The maximum atomic E-state index is 12.8. The Balaban J connectivity index is 0.00000210. The summed E-state index contributed by atoms with van der Waals surface area (Å²) in [5, 5.41) is 16.3. The molecule has 166 valence electrons. The number of nitrogens with one attached hydrogen (secondary N) is 2. The van der Waals surface area contributed by atoms with E-state index in [2.05, 4.69) is 20.6 Å². The van der Waals surface area contributed by atoms with Crippen molar-refractivity contribution in [3.8, 4) is 5.88 Å². The molecule has 29 heavy (non-hydrogen) atoms. The number of hydrogen-bond acceptors (Lipinski definition) is 6. The van der Waals surface area contributed by atoms with Gasteiger partial charge in [-0.3, -0.25) is 4.79 Å². The van der Waals surface area contributed by atoms with Crippen LogP contribution in [0.25, 0.3) is 0 Å². The third-order valence-electron chi connectivity index (χ3n) is 5.31. The first-order chi connectivity index (χ1) is 13.0. The van der Waals surface area contributed by atoms with E-state index in [-0.39, 0.29) is 39.0 Å². The molecule has 7 nitrogen and oxygen atoms in total. The smallest absolute Gasteiger partial charge is 0.258 e. The summed E-state index contributed by atoms with van der Waals surface area (Å²) in [7, 11) is 0. The van der Waals surface area contributed by atoms with Crippen LogP contribution < -0.4 is 15.4 Å². The number of aromatic nitrogens is 2. The highest BCUT2D eigenvalue weighted by atomic mass is 16.5. The maximum absolute atomic E-state index is 12.8. The van der Waals surface area contributed by atoms with Gasteiger partial charge in [0.1, 0.15) is 5.56 Å². The molecule has 3 rings (SSSR count). The molecule has 1 aromatic rings. The molecule has 1 aromatic heterocycles. The lowest BCUT2D eigenvalue weighted by Crippen LogP contribution is -2.37. The van der Waals surface area contributed by atoms with Gasteiger partial charge >= 0.3 is 0 Å². The minimum absolute atomic E-state index is 0. The van der Waals surface area contributed by atoms with Crippen molar-refractivity contribution < 1.29 is 14.6 Å². The van der Waals surface area contributed by atoms with E-state index >= 15 is 0 Å². The molecule has 2 saturated carbocycles. The van der Waals surface area contributed by atoms with E-state index in [0.29, 0.717) is 23.4 Å². The Kier molecular flexibility index (Phi) is 10.4. The molecule has 2 fully saturated rings. The molecule has 0 unspecified atom stereocenters. The third kappa shape index (κ3) is 7.46. The first kappa shape index (κ1) is 25.1. The van der Waals surface area contributed by atoms with Crippen LogP contribution in [0.1, 0.15) is 96.8 Å². The van der Waals surface area contributed by atoms with Crippen molar-refractivity contribution in [2.24, 2.45) is 0 Å². The van der Waals surface area contributed by atoms with E-state index in [1.165, 1.54) is 6.42 Å². The van der Waals surface area contributed by atoms with Crippen LogP contribution >= 0.6 is 0 Å². The molecule has 0 bridgehead atoms. The SMILES string of the molecule is C.C.CC(C)Oc1nc(NC2CCC2)ncc1C(=O)N[C@@H]1CCCC[C@H](O)CC1. The molecule has 2 aliphatic carbocycles. The van der Waals surface area contributed by atoms with Crippen molar-refractivity contribution in [2.75, 3.05) is 5.32 Å². The van der Waals surface area contributed by atoms with Gasteiger partial charge in [-0.1, -0.05) is 27.7 Å². The first-order valence-corrected chi connectivity index (χ1v) is 10.3. The van der Waals surface area contributed by atoms with E-state index < -0.39 is 0 Å². The monoisotopic (exact) mass is 408 g/mol. The predicted molar refractivity (Wildman–Crippen MR) is 117 cm³/mol. The van der Waals surface area contributed by atoms with E-state index in [9.17, 15) is 9.90 Å². The van der Waals surface area contributed by atoms with Crippen LogP contribution in [0.3, 0.4) is 0 Å². The zero-order valence-corrected chi connectivity index (χ0v) is 16.4. The molecular formula is C22H40N4O3. The largest absolute Gasteiger partial charge is 0.474 e. The zero-order valence-electron chi connectivity index (χ0n) is 16.4. The average molecular weight is 409 g/mol. The Morgan fingerprint density at radius 2 is 1.76 bits per heavy atom. The summed E-state index contributed by atoms with van der Waals surface area (Å²) in [6.07, 6.45) is 10.00. The molecule has 7 heteroatoms. The van der Waals surface area contributed by atoms with Crippen molar-refractivity contribution in [1.29, 1.82) is 0 Å². The number of rotatable bonds is 6. The van der Waals surface area contributed by atoms with Gasteiger partial charge in [-0.2, -0.15) is 4.98 Å². The van der Waals surface area contributed by atoms with Gasteiger partial charge < -0.3 is 20.5 Å². The number of carbonyl (C=O) groups excluding carboxylic acids is 1. The fourth-order valence-corrected chi connectivity index (χ4v) is 3.50. The summed E-state index contributed by atoms with van der Waals surface area (Å²) in [6, 6.07) is 0.477. The van der Waals surface area contributed by atoms with Gasteiger partial charge in [0.2, 0.25) is 11.8 Å². The van der Waals surface area contributed by atoms with Crippen molar-refractivity contribution in [3.63, 3.8) is 0 Å². The molecule has 0 radical (unpaired) electrons. The highest BCUT2D eigenvalue weighted by Crippen LogP contribution is 2.24. The van der Waals surface area contributed by atoms with Gasteiger partial charge in [0.05, 0.1) is 12.2 Å². The van der Waals surface area contributed by atoms with Crippen LogP contribution in [0.4, 0.5) is 5.95 Å². The van der Waals surface area contributed by atoms with Crippen LogP contribution in [-0.4, -0.2) is 45.3 Å². The van der Waals surface area contributed by atoms with Gasteiger partial charge in [0, 0.05) is 18.3 Å². The van der Waals surface area contributed by atoms with Gasteiger partial charge in [-0.05, 0) is 58.8 Å². The van der Waals surface area contributed by atoms with Gasteiger partial charge in [-0.25, -0.2) is 4.98 Å². The van der Waals surface area contributed by atoms with Crippen molar-refractivity contribution in [2.45, 2.75) is 111 Å². The highest BCUT2D eigenvalue weighted by molar-refractivity contribution is 5.96. The third-order valence-corrected chi connectivity index (χ3v) is 5.31. The molecule has 0 aliphatic heterocycles. The van der Waals surface area contributed by atoms with Gasteiger partial charge in [0.25, 0.3) is 5.91 Å². The molecule has 0 spiro atoms. The van der Waals surface area contributed by atoms with E-state index in [0.717, 1.165) is 51.4 Å². The molecular weight excluding hydrogens is 368 g/mol. The predicted octanol–water partition coefficient (Wildman–Crippen LogP) is 4.31. The zero-order chi connectivity index (χ0) is 19.2. The van der Waals surface area contributed by atoms with Crippen molar-refractivity contribution >= 4 is 11.9 Å². The highest BCUT2D eigenvalue weighted by Gasteiger charge is 2.23. The van der Waals surface area contributed by atoms with Crippen molar-refractivity contribution in [1.82, 2.24) is 15.3 Å². The Labute approximate surface area is 176 Å². The lowest BCUT2D eigenvalue weighted by atomic mass is 9.93. The summed E-state index contributed by atoms with van der Waals surface area (Å²) in [5.41, 5.74) is 0.366. The minimum atomic E-state index is -0.260. The molecule has 1 amide bonds. The van der Waals surface area contributed by atoms with Crippen LogP contribution in [0.15, 0.2) is 6.20 Å². The van der Waals surface area contributed by atoms with Crippen LogP contribution in [0, 0.1) is 0 Å². The first-order valence-electron chi connectivity index (χ1n) is 10.3. The summed E-state index contributed by atoms with van der Waals surface area (Å²) < 4.78 is 5.80. The fraction of sp³-hybridized carbons (Fsp3) is 0.773. The standard InChI is InChI=1S/C20H32N4O3.2CH4/c1-13(2)27-19-17(12-21-20(24-19)23-14-7-5-8-14)18(26)22-15-6-3-4-9-16(25)11-10-15;;/h12-16,25H,3-11H2,1-2H3,(H,22,26)(H,21,23,24);2*1H4/t15-,16+;;/m1../s1. The molecule has 1 heterocycles. The fourth-order valence-electron chi connectivity index (χ4n) is 3.50. The normalized spacial score (nSPS) is 22.2. The second kappa shape index (κ2) is 12.0. The van der Waals surface area contributed by atoms with Gasteiger partial charge in [0.15, 0.2) is 0 Å². The number of amides is 1. The van der Waals surface area contributed by atoms with E-state index in [1.807, 2.05) is 13.8 Å². The number of nitrogens with zero attached hydrogens (tertiary/aromatic N) is 2. The molecule has 2 aliphatic rings. The maximum Gasteiger partial charge on any atom is 0.258 e. The van der Waals surface area contributed by atoms with Crippen LogP contribution in [0.2, 0.25) is 0 Å². The Bertz CT molecular complexity index is 634. The van der Waals surface area contributed by atoms with E-state index in [4.69, 9.17) is 4.74 Å². The van der Waals surface area contributed by atoms with Gasteiger partial charge in [-0.15, -0.1) is 0 Å². The lowest BCUT2D eigenvalue weighted by molar-refractivity contribution is 0.0903. The number of anilines is 1. The topological polar surface area (TPSA) is 96.4 Å². The number of aliphatic hydroxyl groups excluding tert-OH is 1. The quantitative estimate of drug-likeness (QED) is 0.649. The van der Waals surface area contributed by atoms with Crippen molar-refractivity contribution in [3.05, 3.63) is 11.8 Å². The second-order valence-corrected chi connectivity index (χ2v) is 8.04. The molecule has 3 N–H and O–H groups in total.